The number of hydrogen-bond acceptors (Lipinski definition) is 3. The van der Waals surface area contributed by atoms with Crippen LogP contribution in [-0.2, 0) is 4.74 Å². The second-order valence-electron chi connectivity index (χ2n) is 6.55. The number of nitrogens with zero attached hydrogens (tertiary/aromatic N) is 1. The molecule has 0 aliphatic carbocycles. The van der Waals surface area contributed by atoms with Crippen molar-refractivity contribution in [3.05, 3.63) is 0 Å². The molecule has 2 atom stereocenters. The predicted molar refractivity (Wildman–Crippen MR) is 73.3 cm³/mol. The van der Waals surface area contributed by atoms with Crippen LogP contribution < -0.4 is 5.73 Å². The molecule has 1 aliphatic heterocycles. The smallest absolute Gasteiger partial charge is 0.410 e. The van der Waals surface area contributed by atoms with E-state index in [2.05, 4.69) is 13.8 Å². The molecule has 1 rings (SSSR count). The first-order chi connectivity index (χ1) is 8.26. The summed E-state index contributed by atoms with van der Waals surface area (Å²) in [5.74, 6) is 0.803. The molecule has 4 heteroatoms. The lowest BCUT2D eigenvalue weighted by Crippen LogP contribution is -2.54. The van der Waals surface area contributed by atoms with Crippen molar-refractivity contribution in [1.29, 1.82) is 0 Å². The second-order valence-corrected chi connectivity index (χ2v) is 6.55. The lowest BCUT2D eigenvalue weighted by Gasteiger charge is -2.43. The van der Waals surface area contributed by atoms with E-state index in [1.807, 2.05) is 25.7 Å². The Balaban J connectivity index is 2.80. The Bertz CT molecular complexity index is 284. The van der Waals surface area contributed by atoms with Crippen molar-refractivity contribution in [3.8, 4) is 0 Å². The third-order valence-electron chi connectivity index (χ3n) is 3.43. The number of piperidine rings is 1. The van der Waals surface area contributed by atoms with Crippen molar-refractivity contribution < 1.29 is 9.53 Å². The van der Waals surface area contributed by atoms with Gasteiger partial charge in [-0.3, -0.25) is 0 Å². The fraction of sp³-hybridized carbons (Fsp3) is 0.929. The largest absolute Gasteiger partial charge is 0.444 e. The molecule has 0 bridgehead atoms. The Hall–Kier alpha value is -0.770. The third-order valence-corrected chi connectivity index (χ3v) is 3.43. The van der Waals surface area contributed by atoms with Gasteiger partial charge in [-0.2, -0.15) is 0 Å². The van der Waals surface area contributed by atoms with Gasteiger partial charge in [0.1, 0.15) is 5.60 Å². The Kier molecular flexibility index (Phi) is 5.02. The number of rotatable bonds is 2. The number of nitrogens with two attached hydrogens (primary N) is 1. The molecule has 0 saturated carbocycles. The standard InChI is InChI=1S/C14H28N2O2/c1-10(2)12-11(9-15)7-6-8-16(12)13(17)18-14(3,4)5/h10-12H,6-9,15H2,1-5H3/t11-,12-/m1/s1. The fourth-order valence-electron chi connectivity index (χ4n) is 2.79. The van der Waals surface area contributed by atoms with Gasteiger partial charge in [0.25, 0.3) is 0 Å². The Morgan fingerprint density at radius 2 is 2.06 bits per heavy atom. The molecule has 1 aliphatic rings. The average Bonchev–Trinajstić information content (AvgIpc) is 2.25. The van der Waals surface area contributed by atoms with Crippen LogP contribution in [0.25, 0.3) is 0 Å². The Labute approximate surface area is 111 Å². The molecule has 0 aromatic heterocycles. The second kappa shape index (κ2) is 5.91. The van der Waals surface area contributed by atoms with Gasteiger partial charge in [-0.1, -0.05) is 13.8 Å². The third kappa shape index (κ3) is 3.87. The zero-order valence-corrected chi connectivity index (χ0v) is 12.4. The van der Waals surface area contributed by atoms with Crippen LogP contribution in [0.4, 0.5) is 4.79 Å². The Morgan fingerprint density at radius 3 is 2.50 bits per heavy atom. The van der Waals surface area contributed by atoms with Gasteiger partial charge in [0.15, 0.2) is 0 Å². The van der Waals surface area contributed by atoms with Crippen molar-refractivity contribution in [2.24, 2.45) is 17.6 Å². The normalized spacial score (nSPS) is 25.4. The zero-order chi connectivity index (χ0) is 13.9. The van der Waals surface area contributed by atoms with E-state index in [1.165, 1.54) is 0 Å². The maximum Gasteiger partial charge on any atom is 0.410 e. The van der Waals surface area contributed by atoms with E-state index in [0.717, 1.165) is 19.4 Å². The molecular weight excluding hydrogens is 228 g/mol. The molecule has 18 heavy (non-hydrogen) atoms. The number of likely N-dealkylation sites (tertiary alicyclic amines) is 1. The van der Waals surface area contributed by atoms with Gasteiger partial charge in [0.2, 0.25) is 0 Å². The van der Waals surface area contributed by atoms with E-state index in [1.54, 1.807) is 0 Å². The summed E-state index contributed by atoms with van der Waals surface area (Å²) >= 11 is 0. The number of ether oxygens (including phenoxy) is 1. The van der Waals surface area contributed by atoms with E-state index < -0.39 is 5.60 Å². The predicted octanol–water partition coefficient (Wildman–Crippen LogP) is 2.62. The summed E-state index contributed by atoms with van der Waals surface area (Å²) in [6.45, 7) is 11.4. The minimum atomic E-state index is -0.436. The summed E-state index contributed by atoms with van der Waals surface area (Å²) in [4.78, 5) is 14.1. The summed E-state index contributed by atoms with van der Waals surface area (Å²) < 4.78 is 5.50. The van der Waals surface area contributed by atoms with Crippen LogP contribution in [0.1, 0.15) is 47.5 Å². The van der Waals surface area contributed by atoms with Gasteiger partial charge in [-0.15, -0.1) is 0 Å². The molecule has 1 fully saturated rings. The number of carbonyl (C=O) groups is 1. The first-order valence-corrected chi connectivity index (χ1v) is 6.96. The minimum Gasteiger partial charge on any atom is -0.444 e. The molecular formula is C14H28N2O2. The Morgan fingerprint density at radius 1 is 1.44 bits per heavy atom. The molecule has 0 spiro atoms. The van der Waals surface area contributed by atoms with Gasteiger partial charge in [0.05, 0.1) is 0 Å². The van der Waals surface area contributed by atoms with Crippen molar-refractivity contribution in [2.45, 2.75) is 59.1 Å². The molecule has 0 unspecified atom stereocenters. The fourth-order valence-corrected chi connectivity index (χ4v) is 2.79. The van der Waals surface area contributed by atoms with Crippen molar-refractivity contribution in [2.75, 3.05) is 13.1 Å². The SMILES string of the molecule is CC(C)[C@@H]1[C@@H](CN)CCCN1C(=O)OC(C)(C)C. The highest BCUT2D eigenvalue weighted by Gasteiger charge is 2.37. The van der Waals surface area contributed by atoms with Crippen LogP contribution in [0.15, 0.2) is 0 Å². The van der Waals surface area contributed by atoms with Gasteiger partial charge in [-0.25, -0.2) is 4.79 Å². The first kappa shape index (κ1) is 15.3. The summed E-state index contributed by atoms with van der Waals surface area (Å²) in [5.41, 5.74) is 5.41. The molecule has 0 aromatic rings. The van der Waals surface area contributed by atoms with E-state index in [-0.39, 0.29) is 12.1 Å². The van der Waals surface area contributed by atoms with Crippen molar-refractivity contribution in [3.63, 3.8) is 0 Å². The number of hydrogen-bond donors (Lipinski definition) is 1. The number of carbonyl (C=O) groups excluding carboxylic acids is 1. The molecule has 1 heterocycles. The minimum absolute atomic E-state index is 0.195. The summed E-state index contributed by atoms with van der Waals surface area (Å²) in [7, 11) is 0. The van der Waals surface area contributed by atoms with Crippen LogP contribution >= 0.6 is 0 Å². The van der Waals surface area contributed by atoms with Crippen LogP contribution in [0.5, 0.6) is 0 Å². The highest BCUT2D eigenvalue weighted by Crippen LogP contribution is 2.29. The number of amides is 1. The van der Waals surface area contributed by atoms with Crippen LogP contribution in [0, 0.1) is 11.8 Å². The summed E-state index contributed by atoms with van der Waals surface area (Å²) in [5, 5.41) is 0. The quantitative estimate of drug-likeness (QED) is 0.826. The molecule has 0 radical (unpaired) electrons. The van der Waals surface area contributed by atoms with Gasteiger partial charge in [0, 0.05) is 12.6 Å². The van der Waals surface area contributed by atoms with Crippen LogP contribution in [0.2, 0.25) is 0 Å². The summed E-state index contributed by atoms with van der Waals surface area (Å²) in [6, 6.07) is 0.207. The van der Waals surface area contributed by atoms with Crippen molar-refractivity contribution >= 4 is 6.09 Å². The molecule has 2 N–H and O–H groups in total. The maximum atomic E-state index is 12.3. The highest BCUT2D eigenvalue weighted by atomic mass is 16.6. The van der Waals surface area contributed by atoms with E-state index in [4.69, 9.17) is 10.5 Å². The molecule has 0 aromatic carbocycles. The summed E-state index contributed by atoms with van der Waals surface area (Å²) in [6.07, 6.45) is 1.93. The van der Waals surface area contributed by atoms with Gasteiger partial charge in [-0.05, 0) is 52.0 Å². The van der Waals surface area contributed by atoms with E-state index in [9.17, 15) is 4.79 Å². The van der Waals surface area contributed by atoms with Gasteiger partial charge < -0.3 is 15.4 Å². The lowest BCUT2D eigenvalue weighted by molar-refractivity contribution is -0.00770. The monoisotopic (exact) mass is 256 g/mol. The lowest BCUT2D eigenvalue weighted by atomic mass is 9.83. The van der Waals surface area contributed by atoms with Crippen LogP contribution in [-0.4, -0.2) is 35.7 Å². The molecule has 1 saturated heterocycles. The average molecular weight is 256 g/mol. The molecule has 4 nitrogen and oxygen atoms in total. The van der Waals surface area contributed by atoms with Gasteiger partial charge >= 0.3 is 6.09 Å². The van der Waals surface area contributed by atoms with Crippen molar-refractivity contribution in [1.82, 2.24) is 4.90 Å². The highest BCUT2D eigenvalue weighted by molar-refractivity contribution is 5.68. The topological polar surface area (TPSA) is 55.6 Å². The van der Waals surface area contributed by atoms with Crippen LogP contribution in [0.3, 0.4) is 0 Å². The molecule has 1 amide bonds. The zero-order valence-electron chi connectivity index (χ0n) is 12.4. The maximum absolute atomic E-state index is 12.3. The van der Waals surface area contributed by atoms with E-state index in [0.29, 0.717) is 18.4 Å². The first-order valence-electron chi connectivity index (χ1n) is 6.96. The van der Waals surface area contributed by atoms with E-state index >= 15 is 0 Å². The molecule has 106 valence electrons.